The predicted octanol–water partition coefficient (Wildman–Crippen LogP) is 3.06. The maximum atomic E-state index is 5.55. The third-order valence-corrected chi connectivity index (χ3v) is 6.29. The molecule has 0 saturated carbocycles. The number of benzene rings is 2. The van der Waals surface area contributed by atoms with E-state index >= 15 is 0 Å². The van der Waals surface area contributed by atoms with Gasteiger partial charge in [-0.25, -0.2) is 0 Å². The number of nitrogens with zero attached hydrogens (tertiary/aromatic N) is 5. The first-order chi connectivity index (χ1) is 15.7. The van der Waals surface area contributed by atoms with Crippen molar-refractivity contribution in [1.82, 2.24) is 15.0 Å². The van der Waals surface area contributed by atoms with Gasteiger partial charge in [0.1, 0.15) is 11.5 Å². The first-order valence-electron chi connectivity index (χ1n) is 10.9. The van der Waals surface area contributed by atoms with Crippen molar-refractivity contribution in [2.24, 2.45) is 0 Å². The molecule has 0 bridgehead atoms. The highest BCUT2D eigenvalue weighted by Gasteiger charge is 2.25. The zero-order chi connectivity index (χ0) is 22.1. The molecule has 1 aromatic heterocycles. The second kappa shape index (κ2) is 8.53. The molecule has 3 aromatic rings. The van der Waals surface area contributed by atoms with E-state index in [0.717, 1.165) is 50.5 Å². The van der Waals surface area contributed by atoms with Crippen LogP contribution in [0.4, 0.5) is 17.8 Å². The largest absolute Gasteiger partial charge is 0.496 e. The lowest BCUT2D eigenvalue weighted by Gasteiger charge is -2.32. The molecular weight excluding hydrogens is 404 g/mol. The van der Waals surface area contributed by atoms with Crippen molar-refractivity contribution in [3.05, 3.63) is 58.7 Å². The number of methoxy groups -OCH3 is 2. The van der Waals surface area contributed by atoms with Crippen molar-refractivity contribution in [3.63, 3.8) is 0 Å². The number of anilines is 3. The fraction of sp³-hybridized carbons (Fsp3) is 0.375. The summed E-state index contributed by atoms with van der Waals surface area (Å²) >= 11 is 0. The van der Waals surface area contributed by atoms with E-state index in [0.29, 0.717) is 17.8 Å². The van der Waals surface area contributed by atoms with E-state index in [1.165, 1.54) is 22.3 Å². The molecule has 0 unspecified atom stereocenters. The second-order valence-corrected chi connectivity index (χ2v) is 8.05. The third-order valence-electron chi connectivity index (χ3n) is 6.29. The Labute approximate surface area is 188 Å². The Morgan fingerprint density at radius 2 is 1.25 bits per heavy atom. The SMILES string of the molecule is CNc1nc(N2CCc3c(cccc3OC)C2)nc(N2CCc3c(cccc3OC)C2)n1. The van der Waals surface area contributed by atoms with Gasteiger partial charge in [-0.1, -0.05) is 24.3 Å². The Kier molecular flexibility index (Phi) is 5.43. The molecule has 2 aromatic carbocycles. The van der Waals surface area contributed by atoms with Crippen LogP contribution in [-0.4, -0.2) is 49.3 Å². The minimum absolute atomic E-state index is 0.581. The zero-order valence-corrected chi connectivity index (χ0v) is 18.8. The van der Waals surface area contributed by atoms with Gasteiger partial charge >= 0.3 is 0 Å². The van der Waals surface area contributed by atoms with Crippen molar-refractivity contribution in [2.75, 3.05) is 49.5 Å². The topological polar surface area (TPSA) is 75.6 Å². The van der Waals surface area contributed by atoms with E-state index in [4.69, 9.17) is 14.5 Å². The summed E-state index contributed by atoms with van der Waals surface area (Å²) in [5.74, 6) is 3.89. The van der Waals surface area contributed by atoms with Crippen molar-refractivity contribution in [2.45, 2.75) is 25.9 Å². The molecule has 8 heteroatoms. The standard InChI is InChI=1S/C24H28N6O2/c1-25-22-26-23(29-12-10-18-16(14-29)6-4-8-20(18)31-2)28-24(27-22)30-13-11-19-17(15-30)7-5-9-21(19)32-3/h4-9H,10-15H2,1-3H3,(H,25,26,27,28). The summed E-state index contributed by atoms with van der Waals surface area (Å²) in [4.78, 5) is 18.7. The molecule has 32 heavy (non-hydrogen) atoms. The van der Waals surface area contributed by atoms with Crippen LogP contribution in [0.3, 0.4) is 0 Å². The van der Waals surface area contributed by atoms with Crippen LogP contribution in [0.5, 0.6) is 11.5 Å². The van der Waals surface area contributed by atoms with E-state index in [1.807, 2.05) is 31.3 Å². The monoisotopic (exact) mass is 432 g/mol. The van der Waals surface area contributed by atoms with E-state index < -0.39 is 0 Å². The minimum Gasteiger partial charge on any atom is -0.496 e. The Morgan fingerprint density at radius 3 is 1.69 bits per heavy atom. The van der Waals surface area contributed by atoms with Gasteiger partial charge in [0.05, 0.1) is 14.2 Å². The molecule has 0 atom stereocenters. The highest BCUT2D eigenvalue weighted by atomic mass is 16.5. The van der Waals surface area contributed by atoms with Crippen LogP contribution >= 0.6 is 0 Å². The molecule has 0 fully saturated rings. The molecular formula is C24H28N6O2. The van der Waals surface area contributed by atoms with Gasteiger partial charge in [0.25, 0.3) is 0 Å². The first-order valence-corrected chi connectivity index (χ1v) is 10.9. The van der Waals surface area contributed by atoms with Gasteiger partial charge in [-0.3, -0.25) is 0 Å². The molecule has 0 amide bonds. The van der Waals surface area contributed by atoms with Crippen LogP contribution in [-0.2, 0) is 25.9 Å². The quantitative estimate of drug-likeness (QED) is 0.659. The predicted molar refractivity (Wildman–Crippen MR) is 125 cm³/mol. The zero-order valence-electron chi connectivity index (χ0n) is 18.8. The van der Waals surface area contributed by atoms with Crippen LogP contribution in [0.1, 0.15) is 22.3 Å². The fourth-order valence-electron chi connectivity index (χ4n) is 4.62. The first kappa shape index (κ1) is 20.4. The Hall–Kier alpha value is -3.55. The minimum atomic E-state index is 0.581. The highest BCUT2D eigenvalue weighted by molar-refractivity contribution is 5.52. The molecule has 3 heterocycles. The smallest absolute Gasteiger partial charge is 0.232 e. The van der Waals surface area contributed by atoms with Crippen LogP contribution in [0.15, 0.2) is 36.4 Å². The summed E-state index contributed by atoms with van der Waals surface area (Å²) in [6, 6.07) is 12.4. The van der Waals surface area contributed by atoms with Crippen molar-refractivity contribution in [3.8, 4) is 11.5 Å². The molecule has 2 aliphatic rings. The number of aromatic nitrogens is 3. The molecule has 2 aliphatic heterocycles. The third kappa shape index (κ3) is 3.66. The normalized spacial score (nSPS) is 15.1. The molecule has 0 saturated heterocycles. The summed E-state index contributed by atoms with van der Waals surface area (Å²) in [5.41, 5.74) is 5.05. The number of ether oxygens (including phenoxy) is 2. The van der Waals surface area contributed by atoms with Gasteiger partial charge in [-0.2, -0.15) is 15.0 Å². The van der Waals surface area contributed by atoms with Crippen molar-refractivity contribution >= 4 is 17.8 Å². The summed E-state index contributed by atoms with van der Waals surface area (Å²) in [5, 5.41) is 3.11. The number of rotatable bonds is 5. The van der Waals surface area contributed by atoms with Gasteiger partial charge in [-0.05, 0) is 36.1 Å². The van der Waals surface area contributed by atoms with Crippen LogP contribution in [0, 0.1) is 0 Å². The number of hydrogen-bond acceptors (Lipinski definition) is 8. The van der Waals surface area contributed by atoms with Crippen molar-refractivity contribution in [1.29, 1.82) is 0 Å². The highest BCUT2D eigenvalue weighted by Crippen LogP contribution is 2.32. The van der Waals surface area contributed by atoms with Gasteiger partial charge in [0, 0.05) is 44.4 Å². The average Bonchev–Trinajstić information content (AvgIpc) is 2.86. The van der Waals surface area contributed by atoms with Crippen LogP contribution in [0.25, 0.3) is 0 Å². The number of fused-ring (bicyclic) bond motifs is 2. The van der Waals surface area contributed by atoms with Gasteiger partial charge < -0.3 is 24.6 Å². The number of hydrogen-bond donors (Lipinski definition) is 1. The Bertz CT molecular complexity index is 1050. The Morgan fingerprint density at radius 1 is 0.750 bits per heavy atom. The van der Waals surface area contributed by atoms with Gasteiger partial charge in [-0.15, -0.1) is 0 Å². The molecule has 0 spiro atoms. The average molecular weight is 433 g/mol. The van der Waals surface area contributed by atoms with Gasteiger partial charge in [0.15, 0.2) is 0 Å². The summed E-state index contributed by atoms with van der Waals surface area (Å²) < 4.78 is 11.1. The number of nitrogens with one attached hydrogen (secondary N) is 1. The second-order valence-electron chi connectivity index (χ2n) is 8.05. The van der Waals surface area contributed by atoms with Crippen LogP contribution in [0.2, 0.25) is 0 Å². The Balaban J connectivity index is 1.44. The molecule has 8 nitrogen and oxygen atoms in total. The maximum absolute atomic E-state index is 5.55. The lowest BCUT2D eigenvalue weighted by molar-refractivity contribution is 0.407. The summed E-state index contributed by atoms with van der Waals surface area (Å²) in [6.07, 6.45) is 1.79. The summed E-state index contributed by atoms with van der Waals surface area (Å²) in [7, 11) is 5.30. The molecule has 166 valence electrons. The summed E-state index contributed by atoms with van der Waals surface area (Å²) in [6.45, 7) is 3.17. The molecule has 0 radical (unpaired) electrons. The molecule has 5 rings (SSSR count). The van der Waals surface area contributed by atoms with E-state index in [9.17, 15) is 0 Å². The van der Waals surface area contributed by atoms with E-state index in [-0.39, 0.29) is 0 Å². The fourth-order valence-corrected chi connectivity index (χ4v) is 4.62. The van der Waals surface area contributed by atoms with E-state index in [2.05, 4.69) is 37.2 Å². The van der Waals surface area contributed by atoms with Crippen LogP contribution < -0.4 is 24.6 Å². The lowest BCUT2D eigenvalue weighted by Crippen LogP contribution is -2.35. The van der Waals surface area contributed by atoms with E-state index in [1.54, 1.807) is 14.2 Å². The van der Waals surface area contributed by atoms with Crippen molar-refractivity contribution < 1.29 is 9.47 Å². The molecule has 0 aliphatic carbocycles. The lowest BCUT2D eigenvalue weighted by atomic mass is 9.99. The maximum Gasteiger partial charge on any atom is 0.232 e. The van der Waals surface area contributed by atoms with Gasteiger partial charge in [0.2, 0.25) is 17.8 Å². The molecule has 1 N–H and O–H groups in total.